The SMILES string of the molecule is O=C(O)c1ccc(-c2ccc(NCC3=C(O)C(O)C=C(CO)O3)cc2)cc1. The molecule has 2 aromatic rings. The van der Waals surface area contributed by atoms with E-state index in [1.165, 1.54) is 6.08 Å². The number of aliphatic hydroxyl groups excluding tert-OH is 3. The van der Waals surface area contributed by atoms with Gasteiger partial charge < -0.3 is 30.5 Å². The zero-order valence-corrected chi connectivity index (χ0v) is 14.3. The van der Waals surface area contributed by atoms with E-state index in [4.69, 9.17) is 14.9 Å². The second kappa shape index (κ2) is 7.94. The molecule has 1 aliphatic rings. The summed E-state index contributed by atoms with van der Waals surface area (Å²) in [5.74, 6) is -0.942. The Morgan fingerprint density at radius 1 is 1.04 bits per heavy atom. The number of hydrogen-bond acceptors (Lipinski definition) is 6. The lowest BCUT2D eigenvalue weighted by atomic mass is 10.0. The van der Waals surface area contributed by atoms with Crippen molar-refractivity contribution < 1.29 is 30.0 Å². The first kappa shape index (κ1) is 18.5. The van der Waals surface area contributed by atoms with E-state index < -0.39 is 12.1 Å². The Morgan fingerprint density at radius 2 is 1.63 bits per heavy atom. The number of nitrogens with one attached hydrogen (secondary N) is 1. The first-order valence-electron chi connectivity index (χ1n) is 8.25. The van der Waals surface area contributed by atoms with Crippen molar-refractivity contribution in [1.82, 2.24) is 0 Å². The summed E-state index contributed by atoms with van der Waals surface area (Å²) in [5, 5.41) is 40.7. The van der Waals surface area contributed by atoms with Crippen LogP contribution in [-0.4, -0.2) is 45.7 Å². The molecule has 2 aromatic carbocycles. The molecule has 1 atom stereocenters. The number of rotatable bonds is 6. The molecule has 27 heavy (non-hydrogen) atoms. The lowest BCUT2D eigenvalue weighted by Crippen LogP contribution is -2.22. The summed E-state index contributed by atoms with van der Waals surface area (Å²) in [4.78, 5) is 10.9. The molecule has 7 heteroatoms. The van der Waals surface area contributed by atoms with Crippen LogP contribution in [0.25, 0.3) is 11.1 Å². The quantitative estimate of drug-likeness (QED) is 0.531. The van der Waals surface area contributed by atoms with E-state index in [-0.39, 0.29) is 36.0 Å². The van der Waals surface area contributed by atoms with Crippen molar-refractivity contribution in [2.75, 3.05) is 18.5 Å². The lowest BCUT2D eigenvalue weighted by Gasteiger charge is -2.21. The molecule has 0 aromatic heterocycles. The Bertz CT molecular complexity index is 884. The van der Waals surface area contributed by atoms with E-state index in [9.17, 15) is 15.0 Å². The second-order valence-electron chi connectivity index (χ2n) is 5.96. The Hall–Kier alpha value is -3.29. The minimum Gasteiger partial charge on any atom is -0.506 e. The van der Waals surface area contributed by atoms with Gasteiger partial charge in [0.1, 0.15) is 18.5 Å². The van der Waals surface area contributed by atoms with Crippen molar-refractivity contribution in [3.63, 3.8) is 0 Å². The fourth-order valence-corrected chi connectivity index (χ4v) is 2.64. The number of benzene rings is 2. The highest BCUT2D eigenvalue weighted by Gasteiger charge is 2.22. The van der Waals surface area contributed by atoms with Gasteiger partial charge in [0.25, 0.3) is 0 Å². The van der Waals surface area contributed by atoms with Crippen LogP contribution in [0.3, 0.4) is 0 Å². The third-order valence-corrected chi connectivity index (χ3v) is 4.12. The average Bonchev–Trinajstić information content (AvgIpc) is 2.69. The number of ether oxygens (including phenoxy) is 1. The van der Waals surface area contributed by atoms with Crippen molar-refractivity contribution in [2.24, 2.45) is 0 Å². The molecule has 0 saturated carbocycles. The average molecular weight is 369 g/mol. The van der Waals surface area contributed by atoms with Crippen molar-refractivity contribution in [3.8, 4) is 11.1 Å². The number of hydrogen-bond donors (Lipinski definition) is 5. The normalized spacial score (nSPS) is 16.5. The number of aromatic carboxylic acids is 1. The van der Waals surface area contributed by atoms with Crippen LogP contribution in [0, 0.1) is 0 Å². The molecule has 0 spiro atoms. The van der Waals surface area contributed by atoms with Crippen molar-refractivity contribution in [1.29, 1.82) is 0 Å². The highest BCUT2D eigenvalue weighted by molar-refractivity contribution is 5.88. The van der Waals surface area contributed by atoms with Crippen LogP contribution in [0.5, 0.6) is 0 Å². The zero-order valence-electron chi connectivity index (χ0n) is 14.3. The molecule has 0 saturated heterocycles. The van der Waals surface area contributed by atoms with Gasteiger partial charge in [0, 0.05) is 5.69 Å². The molecule has 1 aliphatic heterocycles. The third kappa shape index (κ3) is 4.28. The fraction of sp³-hybridized carbons (Fsp3) is 0.150. The Labute approximate surface area is 155 Å². The molecule has 1 unspecified atom stereocenters. The van der Waals surface area contributed by atoms with Crippen LogP contribution in [0.4, 0.5) is 5.69 Å². The highest BCUT2D eigenvalue weighted by Crippen LogP contribution is 2.24. The largest absolute Gasteiger partial charge is 0.506 e. The molecule has 0 fully saturated rings. The number of carboxylic acids is 1. The van der Waals surface area contributed by atoms with Gasteiger partial charge in [0.05, 0.1) is 12.1 Å². The van der Waals surface area contributed by atoms with E-state index in [2.05, 4.69) is 5.32 Å². The van der Waals surface area contributed by atoms with Gasteiger partial charge in [-0.15, -0.1) is 0 Å². The topological polar surface area (TPSA) is 119 Å². The van der Waals surface area contributed by atoms with E-state index >= 15 is 0 Å². The first-order valence-corrected chi connectivity index (χ1v) is 8.25. The van der Waals surface area contributed by atoms with Crippen molar-refractivity contribution >= 4 is 11.7 Å². The minimum absolute atomic E-state index is 0.132. The summed E-state index contributed by atoms with van der Waals surface area (Å²) < 4.78 is 5.33. The summed E-state index contributed by atoms with van der Waals surface area (Å²) in [6, 6.07) is 14.0. The lowest BCUT2D eigenvalue weighted by molar-refractivity contribution is 0.0697. The zero-order chi connectivity index (χ0) is 19.4. The standard InChI is InChI=1S/C20H19NO6/c22-11-16-9-17(23)19(24)18(27-16)10-21-15-7-5-13(6-8-15)12-1-3-14(4-2-12)20(25)26/h1-9,17,21-24H,10-11H2,(H,25,26). The van der Waals surface area contributed by atoms with E-state index in [0.717, 1.165) is 16.8 Å². The van der Waals surface area contributed by atoms with E-state index in [0.29, 0.717) is 0 Å². The maximum atomic E-state index is 10.9. The van der Waals surface area contributed by atoms with Gasteiger partial charge in [-0.2, -0.15) is 0 Å². The summed E-state index contributed by atoms with van der Waals surface area (Å²) in [6.45, 7) is -0.240. The van der Waals surface area contributed by atoms with Crippen LogP contribution in [0.1, 0.15) is 10.4 Å². The van der Waals surface area contributed by atoms with E-state index in [1.54, 1.807) is 24.3 Å². The number of anilines is 1. The molecule has 140 valence electrons. The Morgan fingerprint density at radius 3 is 2.19 bits per heavy atom. The van der Waals surface area contributed by atoms with Gasteiger partial charge in [-0.1, -0.05) is 24.3 Å². The predicted octanol–water partition coefficient (Wildman–Crippen LogP) is 2.50. The van der Waals surface area contributed by atoms with Crippen LogP contribution < -0.4 is 5.32 Å². The molecule has 0 aliphatic carbocycles. The number of carbonyl (C=O) groups is 1. The fourth-order valence-electron chi connectivity index (χ4n) is 2.64. The van der Waals surface area contributed by atoms with Gasteiger partial charge in [0.2, 0.25) is 0 Å². The Balaban J connectivity index is 1.66. The number of carboxylic acid groups (broad SMARTS) is 1. The van der Waals surface area contributed by atoms with Crippen LogP contribution in [0.15, 0.2) is 71.9 Å². The summed E-state index contributed by atoms with van der Waals surface area (Å²) in [7, 11) is 0. The molecular weight excluding hydrogens is 350 g/mol. The van der Waals surface area contributed by atoms with E-state index in [1.807, 2.05) is 24.3 Å². The maximum absolute atomic E-state index is 10.9. The van der Waals surface area contributed by atoms with Gasteiger partial charge >= 0.3 is 5.97 Å². The third-order valence-electron chi connectivity index (χ3n) is 4.12. The van der Waals surface area contributed by atoms with Crippen LogP contribution in [0.2, 0.25) is 0 Å². The van der Waals surface area contributed by atoms with Gasteiger partial charge in [-0.3, -0.25) is 0 Å². The highest BCUT2D eigenvalue weighted by atomic mass is 16.5. The van der Waals surface area contributed by atoms with Crippen molar-refractivity contribution in [3.05, 3.63) is 77.4 Å². The smallest absolute Gasteiger partial charge is 0.335 e. The predicted molar refractivity (Wildman–Crippen MR) is 99.2 cm³/mol. The first-order chi connectivity index (χ1) is 13.0. The minimum atomic E-state index is -1.20. The molecular formula is C20H19NO6. The number of aliphatic hydroxyl groups is 3. The summed E-state index contributed by atoms with van der Waals surface area (Å²) >= 11 is 0. The molecule has 0 bridgehead atoms. The maximum Gasteiger partial charge on any atom is 0.335 e. The molecule has 5 N–H and O–H groups in total. The molecule has 3 rings (SSSR count). The summed E-state index contributed by atoms with van der Waals surface area (Å²) in [5.41, 5.74) is 2.81. The van der Waals surface area contributed by atoms with Gasteiger partial charge in [-0.05, 0) is 41.5 Å². The Kier molecular flexibility index (Phi) is 5.44. The van der Waals surface area contributed by atoms with Gasteiger partial charge in [-0.25, -0.2) is 4.79 Å². The monoisotopic (exact) mass is 369 g/mol. The van der Waals surface area contributed by atoms with Crippen molar-refractivity contribution in [2.45, 2.75) is 6.10 Å². The molecule has 1 heterocycles. The van der Waals surface area contributed by atoms with Crippen LogP contribution >= 0.6 is 0 Å². The summed E-state index contributed by atoms with van der Waals surface area (Å²) in [6.07, 6.45) is 0.0392. The molecule has 0 amide bonds. The van der Waals surface area contributed by atoms with Gasteiger partial charge in [0.15, 0.2) is 11.5 Å². The van der Waals surface area contributed by atoms with Crippen LogP contribution in [-0.2, 0) is 4.74 Å². The molecule has 0 radical (unpaired) electrons. The molecule has 7 nitrogen and oxygen atoms in total. The second-order valence-corrected chi connectivity index (χ2v) is 5.96.